The number of aromatic nitrogens is 2. The number of hydrogen-bond donors (Lipinski definition) is 0. The Hall–Kier alpha value is -3.18. The predicted octanol–water partition coefficient (Wildman–Crippen LogP) is 5.93. The maximum atomic E-state index is 13.3. The molecule has 1 saturated heterocycles. The minimum absolute atomic E-state index is 0.0797. The van der Waals surface area contributed by atoms with E-state index in [2.05, 4.69) is 5.10 Å². The van der Waals surface area contributed by atoms with Gasteiger partial charge in [0.25, 0.3) is 0 Å². The Morgan fingerprint density at radius 2 is 1.77 bits per heavy atom. The van der Waals surface area contributed by atoms with Crippen LogP contribution in [0.3, 0.4) is 0 Å². The van der Waals surface area contributed by atoms with E-state index in [0.717, 1.165) is 34.3 Å². The van der Waals surface area contributed by atoms with Gasteiger partial charge in [0, 0.05) is 22.0 Å². The number of hydrogen-bond acceptors (Lipinski definition) is 2. The summed E-state index contributed by atoms with van der Waals surface area (Å²) < 4.78 is 15.0. The zero-order valence-electron chi connectivity index (χ0n) is 16.3. The molecule has 3 aromatic carbocycles. The second-order valence-electron chi connectivity index (χ2n) is 7.66. The Kier molecular flexibility index (Phi) is 4.55. The fourth-order valence-electron chi connectivity index (χ4n) is 4.21. The molecule has 1 aromatic heterocycles. The largest absolute Gasteiger partial charge is 0.305 e. The van der Waals surface area contributed by atoms with Crippen LogP contribution in [0.5, 0.6) is 0 Å². The van der Waals surface area contributed by atoms with E-state index in [-0.39, 0.29) is 23.7 Å². The lowest BCUT2D eigenvalue weighted by Crippen LogP contribution is -2.28. The molecule has 1 aliphatic heterocycles. The van der Waals surface area contributed by atoms with E-state index in [1.54, 1.807) is 23.0 Å². The number of carbonyl (C=O) groups is 1. The molecule has 0 unspecified atom stereocenters. The van der Waals surface area contributed by atoms with Crippen molar-refractivity contribution < 1.29 is 9.18 Å². The summed E-state index contributed by atoms with van der Waals surface area (Å²) in [4.78, 5) is 14.9. The molecule has 1 fully saturated rings. The van der Waals surface area contributed by atoms with Crippen molar-refractivity contribution in [2.75, 3.05) is 4.90 Å². The molecule has 0 saturated carbocycles. The highest BCUT2D eigenvalue weighted by atomic mass is 35.5. The fraction of sp³-hybridized carbons (Fsp3) is 0.167. The standard InChI is InChI=1S/C24H19ClFN3O/c1-15-12-23(20-4-2-3-5-21(20)25)28(24(15)30)19-10-11-22-16(13-19)14-27-29(22)18-8-6-17(26)7-9-18/h2-11,13-15,23H,12H2,1H3/t15-,23-/m0/s1. The third kappa shape index (κ3) is 3.06. The van der Waals surface area contributed by atoms with Crippen molar-refractivity contribution in [2.24, 2.45) is 5.92 Å². The molecule has 5 rings (SSSR count). The van der Waals surface area contributed by atoms with Crippen molar-refractivity contribution in [3.8, 4) is 5.69 Å². The molecule has 2 atom stereocenters. The van der Waals surface area contributed by atoms with Crippen molar-refractivity contribution in [3.05, 3.63) is 89.3 Å². The fourth-order valence-corrected chi connectivity index (χ4v) is 4.47. The quantitative estimate of drug-likeness (QED) is 0.412. The summed E-state index contributed by atoms with van der Waals surface area (Å²) in [6.07, 6.45) is 2.48. The van der Waals surface area contributed by atoms with Crippen LogP contribution in [0.2, 0.25) is 5.02 Å². The molecule has 0 N–H and O–H groups in total. The first-order chi connectivity index (χ1) is 14.5. The van der Waals surface area contributed by atoms with Crippen molar-refractivity contribution in [1.82, 2.24) is 9.78 Å². The van der Waals surface area contributed by atoms with Crippen molar-refractivity contribution in [1.29, 1.82) is 0 Å². The maximum Gasteiger partial charge on any atom is 0.230 e. The number of fused-ring (bicyclic) bond motifs is 1. The zero-order valence-corrected chi connectivity index (χ0v) is 17.1. The molecule has 6 heteroatoms. The highest BCUT2D eigenvalue weighted by Crippen LogP contribution is 2.42. The average molecular weight is 420 g/mol. The lowest BCUT2D eigenvalue weighted by molar-refractivity contribution is -0.120. The minimum Gasteiger partial charge on any atom is -0.305 e. The van der Waals surface area contributed by atoms with E-state index in [4.69, 9.17) is 11.6 Å². The molecule has 1 amide bonds. The van der Waals surface area contributed by atoms with Gasteiger partial charge in [0.05, 0.1) is 23.4 Å². The summed E-state index contributed by atoms with van der Waals surface area (Å²) >= 11 is 6.45. The van der Waals surface area contributed by atoms with Gasteiger partial charge in [-0.15, -0.1) is 0 Å². The van der Waals surface area contributed by atoms with Crippen LogP contribution in [-0.2, 0) is 4.79 Å². The molecule has 0 bridgehead atoms. The molecule has 4 nitrogen and oxygen atoms in total. The Labute approximate surface area is 178 Å². The van der Waals surface area contributed by atoms with Gasteiger partial charge in [-0.2, -0.15) is 5.10 Å². The predicted molar refractivity (Wildman–Crippen MR) is 116 cm³/mol. The normalized spacial score (nSPS) is 19.0. The smallest absolute Gasteiger partial charge is 0.230 e. The molecule has 1 aliphatic rings. The molecule has 2 heterocycles. The van der Waals surface area contributed by atoms with Gasteiger partial charge in [-0.05, 0) is 60.5 Å². The third-order valence-corrected chi connectivity index (χ3v) is 6.06. The number of carbonyl (C=O) groups excluding carboxylic acids is 1. The molecular weight excluding hydrogens is 401 g/mol. The topological polar surface area (TPSA) is 38.1 Å². The van der Waals surface area contributed by atoms with Gasteiger partial charge in [0.15, 0.2) is 0 Å². The van der Waals surface area contributed by atoms with Crippen LogP contribution in [0, 0.1) is 11.7 Å². The summed E-state index contributed by atoms with van der Waals surface area (Å²) in [6.45, 7) is 1.96. The maximum absolute atomic E-state index is 13.3. The summed E-state index contributed by atoms with van der Waals surface area (Å²) in [6, 6.07) is 19.6. The van der Waals surface area contributed by atoms with Crippen molar-refractivity contribution in [3.63, 3.8) is 0 Å². The Morgan fingerprint density at radius 1 is 1.03 bits per heavy atom. The average Bonchev–Trinajstić information content (AvgIpc) is 3.29. The highest BCUT2D eigenvalue weighted by molar-refractivity contribution is 6.31. The van der Waals surface area contributed by atoms with Gasteiger partial charge in [0.1, 0.15) is 5.82 Å². The second kappa shape index (κ2) is 7.26. The molecule has 0 aliphatic carbocycles. The van der Waals surface area contributed by atoms with E-state index in [1.807, 2.05) is 54.3 Å². The van der Waals surface area contributed by atoms with Gasteiger partial charge in [-0.1, -0.05) is 36.7 Å². The van der Waals surface area contributed by atoms with Crippen LogP contribution in [0.15, 0.2) is 72.9 Å². The number of anilines is 1. The molecule has 0 spiro atoms. The third-order valence-electron chi connectivity index (χ3n) is 5.71. The molecular formula is C24H19ClFN3O. The van der Waals surface area contributed by atoms with Crippen molar-refractivity contribution in [2.45, 2.75) is 19.4 Å². The molecule has 4 aromatic rings. The summed E-state index contributed by atoms with van der Waals surface area (Å²) in [7, 11) is 0. The second-order valence-corrected chi connectivity index (χ2v) is 8.07. The number of rotatable bonds is 3. The van der Waals surface area contributed by atoms with Gasteiger partial charge < -0.3 is 4.90 Å². The zero-order chi connectivity index (χ0) is 20.8. The van der Waals surface area contributed by atoms with E-state index < -0.39 is 0 Å². The SMILES string of the molecule is C[C@H]1C[C@@H](c2ccccc2Cl)N(c2ccc3c(cnn3-c3ccc(F)cc3)c2)C1=O. The van der Waals surface area contributed by atoms with Crippen LogP contribution in [-0.4, -0.2) is 15.7 Å². The van der Waals surface area contributed by atoms with Crippen LogP contribution in [0.1, 0.15) is 24.9 Å². The Bertz CT molecular complexity index is 1250. The highest BCUT2D eigenvalue weighted by Gasteiger charge is 2.39. The number of amides is 1. The van der Waals surface area contributed by atoms with E-state index >= 15 is 0 Å². The molecule has 0 radical (unpaired) electrons. The monoisotopic (exact) mass is 419 g/mol. The number of benzene rings is 3. The van der Waals surface area contributed by atoms with E-state index in [0.29, 0.717) is 5.02 Å². The van der Waals surface area contributed by atoms with Gasteiger partial charge >= 0.3 is 0 Å². The van der Waals surface area contributed by atoms with Crippen LogP contribution < -0.4 is 4.90 Å². The minimum atomic E-state index is -0.287. The summed E-state index contributed by atoms with van der Waals surface area (Å²) in [5.74, 6) is -0.279. The lowest BCUT2D eigenvalue weighted by Gasteiger charge is -2.26. The first-order valence-electron chi connectivity index (χ1n) is 9.84. The van der Waals surface area contributed by atoms with Gasteiger partial charge in [-0.3, -0.25) is 4.79 Å². The Balaban J connectivity index is 1.57. The summed E-state index contributed by atoms with van der Waals surface area (Å²) in [5.41, 5.74) is 3.44. The first-order valence-corrected chi connectivity index (χ1v) is 10.2. The Morgan fingerprint density at radius 3 is 2.53 bits per heavy atom. The van der Waals surface area contributed by atoms with Crippen LogP contribution in [0.4, 0.5) is 10.1 Å². The number of nitrogens with zero attached hydrogens (tertiary/aromatic N) is 3. The van der Waals surface area contributed by atoms with E-state index in [1.165, 1.54) is 12.1 Å². The van der Waals surface area contributed by atoms with Crippen LogP contribution >= 0.6 is 11.6 Å². The summed E-state index contributed by atoms with van der Waals surface area (Å²) in [5, 5.41) is 6.03. The van der Waals surface area contributed by atoms with Crippen LogP contribution in [0.25, 0.3) is 16.6 Å². The van der Waals surface area contributed by atoms with Crippen molar-refractivity contribution >= 4 is 34.1 Å². The molecule has 30 heavy (non-hydrogen) atoms. The van der Waals surface area contributed by atoms with Gasteiger partial charge in [0.2, 0.25) is 5.91 Å². The molecule has 150 valence electrons. The first kappa shape index (κ1) is 18.8. The lowest BCUT2D eigenvalue weighted by atomic mass is 10.0. The van der Waals surface area contributed by atoms with Gasteiger partial charge in [-0.25, -0.2) is 9.07 Å². The number of halogens is 2. The van der Waals surface area contributed by atoms with E-state index in [9.17, 15) is 9.18 Å².